The highest BCUT2D eigenvalue weighted by atomic mass is 19.1. The summed E-state index contributed by atoms with van der Waals surface area (Å²) >= 11 is 0. The highest BCUT2D eigenvalue weighted by molar-refractivity contribution is 6.10. The predicted molar refractivity (Wildman–Crippen MR) is 103 cm³/mol. The molecule has 0 saturated carbocycles. The summed E-state index contributed by atoms with van der Waals surface area (Å²) in [7, 11) is 0. The van der Waals surface area contributed by atoms with Crippen molar-refractivity contribution in [2.75, 3.05) is 11.9 Å². The second kappa shape index (κ2) is 7.62. The van der Waals surface area contributed by atoms with Gasteiger partial charge in [0, 0.05) is 11.3 Å². The minimum absolute atomic E-state index is 0.303. The van der Waals surface area contributed by atoms with E-state index in [4.69, 9.17) is 0 Å². The van der Waals surface area contributed by atoms with Crippen LogP contribution in [-0.2, 0) is 15.1 Å². The summed E-state index contributed by atoms with van der Waals surface area (Å²) in [6, 6.07) is 9.00. The van der Waals surface area contributed by atoms with Crippen LogP contribution in [0.2, 0.25) is 0 Å². The van der Waals surface area contributed by atoms with Crippen molar-refractivity contribution in [3.8, 4) is 0 Å². The molecule has 3 rings (SSSR count). The summed E-state index contributed by atoms with van der Waals surface area (Å²) in [6.07, 6.45) is 0. The van der Waals surface area contributed by atoms with Gasteiger partial charge in [0.15, 0.2) is 0 Å². The molecule has 152 valence electrons. The van der Waals surface area contributed by atoms with E-state index >= 15 is 0 Å². The lowest BCUT2D eigenvalue weighted by atomic mass is 9.91. The lowest BCUT2D eigenvalue weighted by molar-refractivity contribution is -0.133. The smallest absolute Gasteiger partial charge is 0.325 e. The monoisotopic (exact) mass is 401 g/mol. The molecule has 4 amide bonds. The third-order valence-electron chi connectivity index (χ3n) is 4.90. The van der Waals surface area contributed by atoms with Gasteiger partial charge in [-0.15, -0.1) is 0 Å². The number of imide groups is 1. The van der Waals surface area contributed by atoms with Crippen LogP contribution in [0.5, 0.6) is 0 Å². The van der Waals surface area contributed by atoms with Crippen molar-refractivity contribution in [2.24, 2.45) is 0 Å². The first-order valence-corrected chi connectivity index (χ1v) is 9.11. The quantitative estimate of drug-likeness (QED) is 0.753. The molecule has 6 nitrogen and oxygen atoms in total. The molecular weight excluding hydrogens is 380 g/mol. The van der Waals surface area contributed by atoms with Gasteiger partial charge in [0.1, 0.15) is 23.7 Å². The predicted octanol–water partition coefficient (Wildman–Crippen LogP) is 3.49. The number of urea groups is 1. The van der Waals surface area contributed by atoms with Gasteiger partial charge in [-0.1, -0.05) is 26.0 Å². The fourth-order valence-electron chi connectivity index (χ4n) is 3.20. The SMILES string of the molecule is CC(C)c1ccc(NC(=O)CN2C(=O)N[C@](C)(c3cc(F)ccc3F)C2=O)cc1. The van der Waals surface area contributed by atoms with E-state index in [0.717, 1.165) is 23.8 Å². The van der Waals surface area contributed by atoms with Gasteiger partial charge in [-0.25, -0.2) is 13.6 Å². The van der Waals surface area contributed by atoms with Gasteiger partial charge < -0.3 is 10.6 Å². The number of carbonyl (C=O) groups is 3. The zero-order chi connectivity index (χ0) is 21.3. The van der Waals surface area contributed by atoms with E-state index in [1.54, 1.807) is 12.1 Å². The molecule has 1 aliphatic heterocycles. The second-order valence-electron chi connectivity index (χ2n) is 7.40. The molecule has 0 bridgehead atoms. The first-order valence-electron chi connectivity index (χ1n) is 9.11. The summed E-state index contributed by atoms with van der Waals surface area (Å²) in [6.45, 7) is 4.81. The Labute approximate surface area is 166 Å². The Morgan fingerprint density at radius 2 is 1.79 bits per heavy atom. The number of carbonyl (C=O) groups excluding carboxylic acids is 3. The highest BCUT2D eigenvalue weighted by Crippen LogP contribution is 2.31. The largest absolute Gasteiger partial charge is 0.325 e. The number of anilines is 1. The average molecular weight is 401 g/mol. The van der Waals surface area contributed by atoms with Gasteiger partial charge in [-0.2, -0.15) is 0 Å². The third-order valence-corrected chi connectivity index (χ3v) is 4.90. The molecule has 1 atom stereocenters. The van der Waals surface area contributed by atoms with E-state index in [2.05, 4.69) is 10.6 Å². The molecule has 0 aliphatic carbocycles. The van der Waals surface area contributed by atoms with E-state index in [1.165, 1.54) is 6.92 Å². The molecule has 0 unspecified atom stereocenters. The Morgan fingerprint density at radius 3 is 2.41 bits per heavy atom. The Kier molecular flexibility index (Phi) is 5.37. The zero-order valence-corrected chi connectivity index (χ0v) is 16.3. The third kappa shape index (κ3) is 3.96. The lowest BCUT2D eigenvalue weighted by Crippen LogP contribution is -2.42. The maximum Gasteiger partial charge on any atom is 0.325 e. The van der Waals surface area contributed by atoms with Crippen molar-refractivity contribution >= 4 is 23.5 Å². The van der Waals surface area contributed by atoms with Gasteiger partial charge in [-0.3, -0.25) is 14.5 Å². The molecule has 8 heteroatoms. The van der Waals surface area contributed by atoms with Gasteiger partial charge in [0.2, 0.25) is 5.91 Å². The summed E-state index contributed by atoms with van der Waals surface area (Å²) < 4.78 is 27.7. The molecule has 0 aromatic heterocycles. The summed E-state index contributed by atoms with van der Waals surface area (Å²) in [5.41, 5.74) is -0.485. The van der Waals surface area contributed by atoms with Crippen molar-refractivity contribution in [1.82, 2.24) is 10.2 Å². The zero-order valence-electron chi connectivity index (χ0n) is 16.3. The molecule has 0 radical (unpaired) electrons. The Hall–Kier alpha value is -3.29. The molecule has 1 aliphatic rings. The van der Waals surface area contributed by atoms with Crippen molar-refractivity contribution in [2.45, 2.75) is 32.2 Å². The number of amides is 4. The topological polar surface area (TPSA) is 78.5 Å². The minimum atomic E-state index is -1.80. The van der Waals surface area contributed by atoms with Crippen molar-refractivity contribution in [3.05, 3.63) is 65.2 Å². The van der Waals surface area contributed by atoms with E-state index in [0.29, 0.717) is 16.5 Å². The van der Waals surface area contributed by atoms with E-state index in [-0.39, 0.29) is 5.56 Å². The first-order chi connectivity index (χ1) is 13.6. The van der Waals surface area contributed by atoms with Crippen LogP contribution in [0, 0.1) is 11.6 Å². The van der Waals surface area contributed by atoms with Gasteiger partial charge in [0.25, 0.3) is 5.91 Å². The van der Waals surface area contributed by atoms with Crippen LogP contribution in [0.15, 0.2) is 42.5 Å². The van der Waals surface area contributed by atoms with Crippen molar-refractivity contribution in [1.29, 1.82) is 0 Å². The van der Waals surface area contributed by atoms with Crippen molar-refractivity contribution < 1.29 is 23.2 Å². The number of nitrogens with zero attached hydrogens (tertiary/aromatic N) is 1. The van der Waals surface area contributed by atoms with E-state index in [1.807, 2.05) is 26.0 Å². The molecule has 1 fully saturated rings. The average Bonchev–Trinajstić information content (AvgIpc) is 2.88. The van der Waals surface area contributed by atoms with Crippen LogP contribution in [0.25, 0.3) is 0 Å². The standard InChI is InChI=1S/C21H21F2N3O3/c1-12(2)13-4-7-15(8-5-13)24-18(27)11-26-19(28)21(3,25-20(26)29)16-10-14(22)6-9-17(16)23/h4-10,12H,11H2,1-3H3,(H,24,27)(H,25,29)/t21-/m1/s1. The fourth-order valence-corrected chi connectivity index (χ4v) is 3.20. The van der Waals surface area contributed by atoms with Crippen LogP contribution in [0.3, 0.4) is 0 Å². The summed E-state index contributed by atoms with van der Waals surface area (Å²) in [5, 5.41) is 4.97. The molecule has 0 spiro atoms. The molecule has 1 saturated heterocycles. The van der Waals surface area contributed by atoms with Crippen LogP contribution in [0.4, 0.5) is 19.3 Å². The van der Waals surface area contributed by atoms with Gasteiger partial charge in [0.05, 0.1) is 0 Å². The lowest BCUT2D eigenvalue weighted by Gasteiger charge is -2.22. The highest BCUT2D eigenvalue weighted by Gasteiger charge is 2.50. The number of benzene rings is 2. The summed E-state index contributed by atoms with van der Waals surface area (Å²) in [4.78, 5) is 38.1. The fraction of sp³-hybridized carbons (Fsp3) is 0.286. The second-order valence-corrected chi connectivity index (χ2v) is 7.40. The number of hydrogen-bond acceptors (Lipinski definition) is 3. The minimum Gasteiger partial charge on any atom is -0.325 e. The Balaban J connectivity index is 1.74. The van der Waals surface area contributed by atoms with Gasteiger partial charge in [-0.05, 0) is 48.7 Å². The van der Waals surface area contributed by atoms with Crippen LogP contribution in [0.1, 0.15) is 37.8 Å². The molecule has 1 heterocycles. The van der Waals surface area contributed by atoms with E-state index < -0.39 is 41.6 Å². The number of nitrogens with one attached hydrogen (secondary N) is 2. The Bertz CT molecular complexity index is 976. The van der Waals surface area contributed by atoms with Crippen molar-refractivity contribution in [3.63, 3.8) is 0 Å². The van der Waals surface area contributed by atoms with Gasteiger partial charge >= 0.3 is 6.03 Å². The molecule has 2 aromatic carbocycles. The molecular formula is C21H21F2N3O3. The number of hydrogen-bond donors (Lipinski definition) is 2. The normalized spacial score (nSPS) is 18.9. The van der Waals surface area contributed by atoms with Crippen LogP contribution >= 0.6 is 0 Å². The van der Waals surface area contributed by atoms with Crippen LogP contribution in [-0.4, -0.2) is 29.3 Å². The number of halogens is 2. The molecule has 2 N–H and O–H groups in total. The summed E-state index contributed by atoms with van der Waals surface area (Å²) in [5.74, 6) is -2.66. The maximum absolute atomic E-state index is 14.2. The Morgan fingerprint density at radius 1 is 1.14 bits per heavy atom. The van der Waals surface area contributed by atoms with E-state index in [9.17, 15) is 23.2 Å². The molecule has 2 aromatic rings. The first kappa shape index (κ1) is 20.4. The van der Waals surface area contributed by atoms with Crippen LogP contribution < -0.4 is 10.6 Å². The molecule has 29 heavy (non-hydrogen) atoms. The maximum atomic E-state index is 14.2. The number of rotatable bonds is 5.